The fraction of sp³-hybridized carbons (Fsp3) is 0.176. The van der Waals surface area contributed by atoms with E-state index < -0.39 is 0 Å². The van der Waals surface area contributed by atoms with Crippen molar-refractivity contribution in [1.82, 2.24) is 10.1 Å². The van der Waals surface area contributed by atoms with Crippen LogP contribution in [0.2, 0.25) is 0 Å². The van der Waals surface area contributed by atoms with Gasteiger partial charge in [0, 0.05) is 11.6 Å². The Bertz CT molecular complexity index is 749. The minimum atomic E-state index is 0.231. The average Bonchev–Trinajstić information content (AvgIpc) is 3.09. The molecule has 6 heteroatoms. The Morgan fingerprint density at radius 1 is 0.913 bits per heavy atom. The van der Waals surface area contributed by atoms with Gasteiger partial charge in [-0.25, -0.2) is 0 Å². The maximum Gasteiger partial charge on any atom is 0.258 e. The molecule has 0 N–H and O–H groups in total. The van der Waals surface area contributed by atoms with E-state index in [1.807, 2.05) is 30.3 Å². The van der Waals surface area contributed by atoms with Crippen LogP contribution in [-0.2, 0) is 6.61 Å². The average molecular weight is 312 g/mol. The first-order valence-corrected chi connectivity index (χ1v) is 7.02. The third-order valence-electron chi connectivity index (χ3n) is 3.18. The molecule has 0 saturated heterocycles. The zero-order valence-electron chi connectivity index (χ0n) is 12.9. The molecule has 1 heterocycles. The maximum absolute atomic E-state index is 5.60. The van der Waals surface area contributed by atoms with E-state index in [4.69, 9.17) is 18.7 Å². The van der Waals surface area contributed by atoms with Gasteiger partial charge in [-0.1, -0.05) is 23.4 Å². The van der Waals surface area contributed by atoms with Crippen LogP contribution in [0, 0.1) is 0 Å². The SMILES string of the molecule is COc1cc(OC)cc(-c2nc(COc3ccccc3)no2)c1. The first kappa shape index (κ1) is 14.9. The molecule has 3 rings (SSSR count). The number of rotatable bonds is 6. The maximum atomic E-state index is 5.60. The van der Waals surface area contributed by atoms with Gasteiger partial charge < -0.3 is 18.7 Å². The van der Waals surface area contributed by atoms with Crippen molar-refractivity contribution in [3.8, 4) is 28.7 Å². The minimum absolute atomic E-state index is 0.231. The van der Waals surface area contributed by atoms with Crippen molar-refractivity contribution in [2.45, 2.75) is 6.61 Å². The fourth-order valence-corrected chi connectivity index (χ4v) is 2.03. The summed E-state index contributed by atoms with van der Waals surface area (Å²) in [5.41, 5.74) is 0.722. The summed E-state index contributed by atoms with van der Waals surface area (Å²) in [6.45, 7) is 0.231. The topological polar surface area (TPSA) is 66.6 Å². The van der Waals surface area contributed by atoms with Crippen LogP contribution in [-0.4, -0.2) is 24.4 Å². The monoisotopic (exact) mass is 312 g/mol. The molecule has 0 spiro atoms. The molecule has 3 aromatic rings. The lowest BCUT2D eigenvalue weighted by Gasteiger charge is -2.05. The lowest BCUT2D eigenvalue weighted by atomic mass is 10.2. The Balaban J connectivity index is 1.76. The Hall–Kier alpha value is -3.02. The van der Waals surface area contributed by atoms with Crippen LogP contribution in [0.15, 0.2) is 53.1 Å². The predicted octanol–water partition coefficient (Wildman–Crippen LogP) is 3.33. The molecule has 0 aliphatic carbocycles. The number of para-hydroxylation sites is 1. The van der Waals surface area contributed by atoms with Crippen LogP contribution in [0.5, 0.6) is 17.2 Å². The largest absolute Gasteiger partial charge is 0.497 e. The summed E-state index contributed by atoms with van der Waals surface area (Å²) in [6.07, 6.45) is 0. The van der Waals surface area contributed by atoms with Crippen molar-refractivity contribution in [1.29, 1.82) is 0 Å². The van der Waals surface area contributed by atoms with Crippen molar-refractivity contribution in [3.63, 3.8) is 0 Å². The first-order chi connectivity index (χ1) is 11.3. The highest BCUT2D eigenvalue weighted by Gasteiger charge is 2.12. The van der Waals surface area contributed by atoms with Crippen LogP contribution in [0.25, 0.3) is 11.5 Å². The second-order valence-electron chi connectivity index (χ2n) is 4.72. The number of benzene rings is 2. The Kier molecular flexibility index (Phi) is 4.42. The molecule has 0 aliphatic heterocycles. The van der Waals surface area contributed by atoms with Crippen LogP contribution in [0.3, 0.4) is 0 Å². The number of aromatic nitrogens is 2. The highest BCUT2D eigenvalue weighted by atomic mass is 16.5. The second-order valence-corrected chi connectivity index (χ2v) is 4.72. The molecule has 0 fully saturated rings. The molecule has 0 unspecified atom stereocenters. The molecule has 0 bridgehead atoms. The van der Waals surface area contributed by atoms with Gasteiger partial charge in [0.05, 0.1) is 14.2 Å². The lowest BCUT2D eigenvalue weighted by Crippen LogP contribution is -1.97. The van der Waals surface area contributed by atoms with Gasteiger partial charge in [-0.15, -0.1) is 0 Å². The van der Waals surface area contributed by atoms with Gasteiger partial charge in [0.2, 0.25) is 5.82 Å². The highest BCUT2D eigenvalue weighted by Crippen LogP contribution is 2.28. The normalized spacial score (nSPS) is 10.3. The van der Waals surface area contributed by atoms with Gasteiger partial charge in [0.15, 0.2) is 6.61 Å². The van der Waals surface area contributed by atoms with Crippen molar-refractivity contribution in [3.05, 3.63) is 54.4 Å². The van der Waals surface area contributed by atoms with E-state index in [0.717, 1.165) is 11.3 Å². The Labute approximate surface area is 133 Å². The van der Waals surface area contributed by atoms with Crippen molar-refractivity contribution in [2.24, 2.45) is 0 Å². The molecule has 0 aliphatic rings. The fourth-order valence-electron chi connectivity index (χ4n) is 2.03. The third kappa shape index (κ3) is 3.60. The summed E-state index contributed by atoms with van der Waals surface area (Å²) in [5, 5.41) is 3.93. The number of nitrogens with zero attached hydrogens (tertiary/aromatic N) is 2. The smallest absolute Gasteiger partial charge is 0.258 e. The summed E-state index contributed by atoms with van der Waals surface area (Å²) < 4.78 is 21.4. The van der Waals surface area contributed by atoms with E-state index in [1.54, 1.807) is 32.4 Å². The second kappa shape index (κ2) is 6.83. The summed E-state index contributed by atoms with van der Waals surface area (Å²) >= 11 is 0. The number of ether oxygens (including phenoxy) is 3. The van der Waals surface area contributed by atoms with Crippen LogP contribution in [0.1, 0.15) is 5.82 Å². The van der Waals surface area contributed by atoms with E-state index in [0.29, 0.717) is 23.2 Å². The standard InChI is InChI=1S/C17H16N2O4/c1-20-14-8-12(9-15(10-14)21-2)17-18-16(19-23-17)11-22-13-6-4-3-5-7-13/h3-10H,11H2,1-2H3. The molecular formula is C17H16N2O4. The van der Waals surface area contributed by atoms with E-state index >= 15 is 0 Å². The summed E-state index contributed by atoms with van der Waals surface area (Å²) in [5.74, 6) is 2.90. The molecule has 118 valence electrons. The van der Waals surface area contributed by atoms with Gasteiger partial charge >= 0.3 is 0 Å². The van der Waals surface area contributed by atoms with Crippen LogP contribution < -0.4 is 14.2 Å². The summed E-state index contributed by atoms with van der Waals surface area (Å²) in [4.78, 5) is 4.33. The Morgan fingerprint density at radius 3 is 2.26 bits per heavy atom. The molecule has 1 aromatic heterocycles. The van der Waals surface area contributed by atoms with Gasteiger partial charge in [-0.05, 0) is 24.3 Å². The number of methoxy groups -OCH3 is 2. The van der Waals surface area contributed by atoms with Crippen LogP contribution in [0.4, 0.5) is 0 Å². The quantitative estimate of drug-likeness (QED) is 0.695. The van der Waals surface area contributed by atoms with E-state index in [1.165, 1.54) is 0 Å². The molecule has 0 radical (unpaired) electrons. The van der Waals surface area contributed by atoms with Crippen LogP contribution >= 0.6 is 0 Å². The Morgan fingerprint density at radius 2 is 1.61 bits per heavy atom. The minimum Gasteiger partial charge on any atom is -0.497 e. The number of hydrogen-bond donors (Lipinski definition) is 0. The number of hydrogen-bond acceptors (Lipinski definition) is 6. The first-order valence-electron chi connectivity index (χ1n) is 7.02. The van der Waals surface area contributed by atoms with Gasteiger partial charge in [0.25, 0.3) is 5.89 Å². The molecule has 23 heavy (non-hydrogen) atoms. The zero-order chi connectivity index (χ0) is 16.1. The van der Waals surface area contributed by atoms with Gasteiger partial charge in [-0.2, -0.15) is 4.98 Å². The molecule has 6 nitrogen and oxygen atoms in total. The lowest BCUT2D eigenvalue weighted by molar-refractivity contribution is 0.287. The van der Waals surface area contributed by atoms with Gasteiger partial charge in [-0.3, -0.25) is 0 Å². The summed E-state index contributed by atoms with van der Waals surface area (Å²) in [7, 11) is 3.18. The zero-order valence-corrected chi connectivity index (χ0v) is 12.9. The van der Waals surface area contributed by atoms with Crippen molar-refractivity contribution < 1.29 is 18.7 Å². The third-order valence-corrected chi connectivity index (χ3v) is 3.18. The van der Waals surface area contributed by atoms with Crippen molar-refractivity contribution in [2.75, 3.05) is 14.2 Å². The van der Waals surface area contributed by atoms with E-state index in [-0.39, 0.29) is 6.61 Å². The molecular weight excluding hydrogens is 296 g/mol. The molecule has 0 amide bonds. The molecule has 0 saturated carbocycles. The molecule has 0 atom stereocenters. The molecule has 2 aromatic carbocycles. The van der Waals surface area contributed by atoms with Gasteiger partial charge in [0.1, 0.15) is 17.2 Å². The highest BCUT2D eigenvalue weighted by molar-refractivity contribution is 5.59. The predicted molar refractivity (Wildman–Crippen MR) is 83.6 cm³/mol. The summed E-state index contributed by atoms with van der Waals surface area (Å²) in [6, 6.07) is 14.9. The van der Waals surface area contributed by atoms with E-state index in [9.17, 15) is 0 Å². The van der Waals surface area contributed by atoms with Crippen molar-refractivity contribution >= 4 is 0 Å². The van der Waals surface area contributed by atoms with E-state index in [2.05, 4.69) is 10.1 Å².